The average molecular weight is 558 g/mol. The van der Waals surface area contributed by atoms with Gasteiger partial charge in [0.05, 0.1) is 5.02 Å². The Kier molecular flexibility index (Phi) is 9.48. The third-order valence-corrected chi connectivity index (χ3v) is 8.07. The zero-order valence-electron chi connectivity index (χ0n) is 21.8. The normalized spacial score (nSPS) is 14.2. The van der Waals surface area contributed by atoms with Crippen molar-refractivity contribution in [2.45, 2.75) is 18.0 Å². The lowest BCUT2D eigenvalue weighted by molar-refractivity contribution is -0.132. The van der Waals surface area contributed by atoms with Crippen LogP contribution in [0.25, 0.3) is 23.2 Å². The zero-order chi connectivity index (χ0) is 26.9. The van der Waals surface area contributed by atoms with Gasteiger partial charge in [0.2, 0.25) is 5.91 Å². The number of nitrogens with zero attached hydrogens (tertiary/aromatic N) is 5. The molecule has 4 aromatic rings. The van der Waals surface area contributed by atoms with Crippen LogP contribution in [0, 0.1) is 0 Å². The molecular weight excluding hydrogens is 526 g/mol. The highest BCUT2D eigenvalue weighted by Gasteiger charge is 2.21. The van der Waals surface area contributed by atoms with Crippen molar-refractivity contribution in [1.29, 1.82) is 0 Å². The molecule has 8 heteroatoms. The van der Waals surface area contributed by atoms with Gasteiger partial charge in [0.25, 0.3) is 0 Å². The van der Waals surface area contributed by atoms with Gasteiger partial charge >= 0.3 is 0 Å². The fourth-order valence-corrected chi connectivity index (χ4v) is 5.73. The highest BCUT2D eigenvalue weighted by molar-refractivity contribution is 7.99. The predicted molar refractivity (Wildman–Crippen MR) is 160 cm³/mol. The summed E-state index contributed by atoms with van der Waals surface area (Å²) >= 11 is 8.11. The van der Waals surface area contributed by atoms with E-state index in [1.165, 1.54) is 5.56 Å². The van der Waals surface area contributed by atoms with E-state index in [9.17, 15) is 4.79 Å². The van der Waals surface area contributed by atoms with E-state index in [1.54, 1.807) is 11.8 Å². The van der Waals surface area contributed by atoms with E-state index >= 15 is 0 Å². The molecule has 1 saturated heterocycles. The summed E-state index contributed by atoms with van der Waals surface area (Å²) in [5.41, 5.74) is 3.03. The second-order valence-electron chi connectivity index (χ2n) is 9.40. The summed E-state index contributed by atoms with van der Waals surface area (Å²) in [5.74, 6) is 1.72. The third kappa shape index (κ3) is 7.18. The third-order valence-electron chi connectivity index (χ3n) is 6.73. The Bertz CT molecular complexity index is 1380. The van der Waals surface area contributed by atoms with E-state index < -0.39 is 0 Å². The van der Waals surface area contributed by atoms with Crippen LogP contribution < -0.4 is 0 Å². The minimum atomic E-state index is 0.233. The van der Waals surface area contributed by atoms with Crippen LogP contribution >= 0.6 is 23.4 Å². The molecular formula is C31H32ClN5OS. The predicted octanol–water partition coefficient (Wildman–Crippen LogP) is 6.32. The van der Waals surface area contributed by atoms with E-state index in [1.807, 2.05) is 70.1 Å². The highest BCUT2D eigenvalue weighted by Crippen LogP contribution is 2.32. The van der Waals surface area contributed by atoms with Crippen LogP contribution in [0.3, 0.4) is 0 Å². The van der Waals surface area contributed by atoms with Crippen molar-refractivity contribution in [3.05, 3.63) is 102 Å². The van der Waals surface area contributed by atoms with Crippen LogP contribution in [-0.2, 0) is 4.79 Å². The van der Waals surface area contributed by atoms with E-state index in [2.05, 4.69) is 51.5 Å². The molecule has 0 bridgehead atoms. The maximum Gasteiger partial charge on any atom is 0.222 e. The number of hydrogen-bond donors (Lipinski definition) is 0. The van der Waals surface area contributed by atoms with E-state index in [0.29, 0.717) is 17.3 Å². The molecule has 0 radical (unpaired) electrons. The fourth-order valence-electron chi connectivity index (χ4n) is 4.62. The van der Waals surface area contributed by atoms with Gasteiger partial charge in [0, 0.05) is 56.1 Å². The molecule has 5 rings (SSSR count). The summed E-state index contributed by atoms with van der Waals surface area (Å²) in [5, 5.41) is 10.4. The lowest BCUT2D eigenvalue weighted by Gasteiger charge is -2.34. The van der Waals surface area contributed by atoms with Gasteiger partial charge in [-0.3, -0.25) is 14.3 Å². The molecule has 200 valence electrons. The number of thioether (sulfide) groups is 1. The first-order valence-electron chi connectivity index (χ1n) is 13.3. The number of piperazine rings is 1. The number of amides is 1. The standard InChI is InChI=1S/C31H32ClN5OS/c32-28-17-8-7-16-27(28)30-33-34-31(37(30)26-14-5-2-6-15-26)39-24-10-18-29(38)36-22-20-35(21-23-36)19-9-13-25-11-3-1-4-12-25/h1-9,11-17H,10,18-24H2/b13-9+. The molecule has 1 fully saturated rings. The minimum Gasteiger partial charge on any atom is -0.340 e. The van der Waals surface area contributed by atoms with Gasteiger partial charge < -0.3 is 4.90 Å². The van der Waals surface area contributed by atoms with Gasteiger partial charge in [-0.05, 0) is 36.2 Å². The van der Waals surface area contributed by atoms with Crippen LogP contribution in [0.15, 0.2) is 96.2 Å². The Labute approximate surface area is 239 Å². The number of halogens is 1. The Morgan fingerprint density at radius 1 is 0.872 bits per heavy atom. The summed E-state index contributed by atoms with van der Waals surface area (Å²) < 4.78 is 2.04. The van der Waals surface area contributed by atoms with Crippen molar-refractivity contribution in [2.75, 3.05) is 38.5 Å². The number of aromatic nitrogens is 3. The summed E-state index contributed by atoms with van der Waals surface area (Å²) in [6.07, 6.45) is 5.69. The molecule has 0 unspecified atom stereocenters. The lowest BCUT2D eigenvalue weighted by Crippen LogP contribution is -2.48. The first kappa shape index (κ1) is 27.2. The maximum absolute atomic E-state index is 12.9. The second-order valence-corrected chi connectivity index (χ2v) is 10.9. The number of benzene rings is 3. The Morgan fingerprint density at radius 2 is 1.56 bits per heavy atom. The van der Waals surface area contributed by atoms with E-state index in [0.717, 1.165) is 61.3 Å². The molecule has 1 aliphatic rings. The highest BCUT2D eigenvalue weighted by atomic mass is 35.5. The summed E-state index contributed by atoms with van der Waals surface area (Å²) in [6.45, 7) is 4.30. The number of carbonyl (C=O) groups is 1. The lowest BCUT2D eigenvalue weighted by atomic mass is 10.2. The van der Waals surface area contributed by atoms with E-state index in [-0.39, 0.29) is 5.91 Å². The van der Waals surface area contributed by atoms with E-state index in [4.69, 9.17) is 11.6 Å². The molecule has 0 N–H and O–H groups in total. The van der Waals surface area contributed by atoms with Gasteiger partial charge in [-0.25, -0.2) is 0 Å². The van der Waals surface area contributed by atoms with Crippen LogP contribution in [0.5, 0.6) is 0 Å². The SMILES string of the molecule is O=C(CCCSc1nnc(-c2ccccc2Cl)n1-c1ccccc1)N1CCN(C/C=C/c2ccccc2)CC1. The molecule has 1 aliphatic heterocycles. The Balaban J connectivity index is 1.11. The fraction of sp³-hybridized carbons (Fsp3) is 0.258. The van der Waals surface area contributed by atoms with Gasteiger partial charge in [-0.2, -0.15) is 0 Å². The van der Waals surface area contributed by atoms with Gasteiger partial charge in [-0.15, -0.1) is 10.2 Å². The topological polar surface area (TPSA) is 54.3 Å². The molecule has 1 aromatic heterocycles. The minimum absolute atomic E-state index is 0.233. The van der Waals surface area contributed by atoms with Crippen LogP contribution in [0.4, 0.5) is 0 Å². The molecule has 2 heterocycles. The summed E-state index contributed by atoms with van der Waals surface area (Å²) in [7, 11) is 0. The Hall–Kier alpha value is -3.39. The number of para-hydroxylation sites is 1. The quantitative estimate of drug-likeness (QED) is 0.169. The molecule has 0 spiro atoms. The van der Waals surface area contributed by atoms with Crippen molar-refractivity contribution >= 4 is 35.3 Å². The molecule has 0 atom stereocenters. The van der Waals surface area contributed by atoms with Crippen LogP contribution in [0.1, 0.15) is 18.4 Å². The first-order valence-corrected chi connectivity index (χ1v) is 14.7. The molecule has 3 aromatic carbocycles. The number of carbonyl (C=O) groups excluding carboxylic acids is 1. The summed E-state index contributed by atoms with van der Waals surface area (Å²) in [6, 6.07) is 28.1. The number of rotatable bonds is 10. The second kappa shape index (κ2) is 13.6. The van der Waals surface area contributed by atoms with Crippen molar-refractivity contribution in [3.63, 3.8) is 0 Å². The maximum atomic E-state index is 12.9. The van der Waals surface area contributed by atoms with Gasteiger partial charge in [-0.1, -0.05) is 96.2 Å². The van der Waals surface area contributed by atoms with Crippen molar-refractivity contribution in [1.82, 2.24) is 24.6 Å². The zero-order valence-corrected chi connectivity index (χ0v) is 23.4. The average Bonchev–Trinajstić information content (AvgIpc) is 3.40. The van der Waals surface area contributed by atoms with Gasteiger partial charge in [0.1, 0.15) is 0 Å². The molecule has 1 amide bonds. The van der Waals surface area contributed by atoms with Crippen LogP contribution in [0.2, 0.25) is 5.02 Å². The molecule has 0 aliphatic carbocycles. The molecule has 6 nitrogen and oxygen atoms in total. The Morgan fingerprint density at radius 3 is 2.31 bits per heavy atom. The monoisotopic (exact) mass is 557 g/mol. The first-order chi connectivity index (χ1) is 19.2. The largest absolute Gasteiger partial charge is 0.340 e. The molecule has 39 heavy (non-hydrogen) atoms. The number of hydrogen-bond acceptors (Lipinski definition) is 5. The van der Waals surface area contributed by atoms with Crippen LogP contribution in [-0.4, -0.2) is 68.9 Å². The van der Waals surface area contributed by atoms with Crippen molar-refractivity contribution in [2.24, 2.45) is 0 Å². The van der Waals surface area contributed by atoms with Crippen molar-refractivity contribution < 1.29 is 4.79 Å². The smallest absolute Gasteiger partial charge is 0.222 e. The molecule has 0 saturated carbocycles. The van der Waals surface area contributed by atoms with Gasteiger partial charge in [0.15, 0.2) is 11.0 Å². The van der Waals surface area contributed by atoms with Crippen molar-refractivity contribution in [3.8, 4) is 17.1 Å². The summed E-state index contributed by atoms with van der Waals surface area (Å²) in [4.78, 5) is 17.3.